The summed E-state index contributed by atoms with van der Waals surface area (Å²) in [5, 5.41) is 22.2. The maximum atomic E-state index is 10.6. The smallest absolute Gasteiger partial charge is 0.423 e. The van der Waals surface area contributed by atoms with E-state index in [1.54, 1.807) is 0 Å². The van der Waals surface area contributed by atoms with E-state index in [9.17, 15) is 8.42 Å². The maximum absolute atomic E-state index is 10.6. The van der Waals surface area contributed by atoms with Crippen molar-refractivity contribution in [2.75, 3.05) is 4.72 Å². The first-order valence-corrected chi connectivity index (χ1v) is 5.20. The minimum Gasteiger partial charge on any atom is -0.423 e. The van der Waals surface area contributed by atoms with Crippen LogP contribution in [0.5, 0.6) is 0 Å². The van der Waals surface area contributed by atoms with Crippen molar-refractivity contribution in [1.29, 1.82) is 0 Å². The lowest BCUT2D eigenvalue weighted by Crippen LogP contribution is -2.29. The van der Waals surface area contributed by atoms with Crippen molar-refractivity contribution >= 4 is 28.5 Å². The van der Waals surface area contributed by atoms with E-state index < -0.39 is 17.3 Å². The van der Waals surface area contributed by atoms with Gasteiger partial charge in [-0.05, 0) is 17.6 Å². The second kappa shape index (κ2) is 3.97. The van der Waals surface area contributed by atoms with Gasteiger partial charge in [-0.1, -0.05) is 12.1 Å². The number of anilines is 1. The van der Waals surface area contributed by atoms with Gasteiger partial charge in [-0.25, -0.2) is 5.14 Å². The van der Waals surface area contributed by atoms with E-state index in [1.165, 1.54) is 24.3 Å². The van der Waals surface area contributed by atoms with E-state index in [4.69, 9.17) is 15.2 Å². The molecule has 0 unspecified atom stereocenters. The van der Waals surface area contributed by atoms with Crippen LogP contribution in [0.3, 0.4) is 0 Å². The SMILES string of the molecule is NS(=O)(=O)Nc1ccc(B(O)O)cc1. The van der Waals surface area contributed by atoms with Gasteiger partial charge in [0.05, 0.1) is 0 Å². The lowest BCUT2D eigenvalue weighted by molar-refractivity contribution is 0.426. The molecular formula is C6H9BN2O4S. The molecule has 0 radical (unpaired) electrons. The summed E-state index contributed by atoms with van der Waals surface area (Å²) in [5.74, 6) is 0. The molecule has 0 aliphatic heterocycles. The van der Waals surface area contributed by atoms with Gasteiger partial charge in [-0.15, -0.1) is 0 Å². The second-order valence-corrected chi connectivity index (χ2v) is 3.94. The Hall–Kier alpha value is -1.09. The fourth-order valence-electron chi connectivity index (χ4n) is 0.888. The van der Waals surface area contributed by atoms with E-state index in [1.807, 2.05) is 4.72 Å². The van der Waals surface area contributed by atoms with Crippen LogP contribution >= 0.6 is 0 Å². The highest BCUT2D eigenvalue weighted by molar-refractivity contribution is 7.90. The van der Waals surface area contributed by atoms with Gasteiger partial charge in [0.15, 0.2) is 0 Å². The summed E-state index contributed by atoms with van der Waals surface area (Å²) in [5.41, 5.74) is 0.530. The number of nitrogens with two attached hydrogens (primary N) is 1. The zero-order valence-electron chi connectivity index (χ0n) is 7.08. The quantitative estimate of drug-likeness (QED) is 0.437. The molecule has 0 aliphatic carbocycles. The number of rotatable bonds is 3. The molecule has 1 aromatic carbocycles. The third-order valence-electron chi connectivity index (χ3n) is 1.47. The number of hydrogen-bond acceptors (Lipinski definition) is 4. The van der Waals surface area contributed by atoms with E-state index in [0.717, 1.165) is 0 Å². The fraction of sp³-hybridized carbons (Fsp3) is 0. The molecule has 0 bridgehead atoms. The van der Waals surface area contributed by atoms with Crippen LogP contribution in [0.2, 0.25) is 0 Å². The Kier molecular flexibility index (Phi) is 3.12. The van der Waals surface area contributed by atoms with E-state index in [0.29, 0.717) is 0 Å². The van der Waals surface area contributed by atoms with Crippen LogP contribution in [0.15, 0.2) is 24.3 Å². The third kappa shape index (κ3) is 3.34. The van der Waals surface area contributed by atoms with Crippen LogP contribution in [0.25, 0.3) is 0 Å². The molecule has 0 fully saturated rings. The summed E-state index contributed by atoms with van der Waals surface area (Å²) in [6.07, 6.45) is 0. The second-order valence-electron chi connectivity index (χ2n) is 2.64. The molecule has 0 aliphatic rings. The highest BCUT2D eigenvalue weighted by Gasteiger charge is 2.10. The largest absolute Gasteiger partial charge is 0.488 e. The molecule has 1 aromatic rings. The van der Waals surface area contributed by atoms with Crippen LogP contribution in [-0.2, 0) is 10.2 Å². The zero-order valence-corrected chi connectivity index (χ0v) is 7.90. The average molecular weight is 216 g/mol. The predicted octanol–water partition coefficient (Wildman–Crippen LogP) is -2.02. The van der Waals surface area contributed by atoms with E-state index in [-0.39, 0.29) is 11.2 Å². The lowest BCUT2D eigenvalue weighted by atomic mass is 9.80. The van der Waals surface area contributed by atoms with Crippen molar-refractivity contribution in [2.24, 2.45) is 5.14 Å². The highest BCUT2D eigenvalue weighted by Crippen LogP contribution is 2.04. The van der Waals surface area contributed by atoms with Crippen molar-refractivity contribution in [3.8, 4) is 0 Å². The predicted molar refractivity (Wildman–Crippen MR) is 53.0 cm³/mol. The van der Waals surface area contributed by atoms with Crippen molar-refractivity contribution < 1.29 is 18.5 Å². The molecular weight excluding hydrogens is 207 g/mol. The minimum absolute atomic E-state index is 0.261. The van der Waals surface area contributed by atoms with Crippen LogP contribution in [0.4, 0.5) is 5.69 Å². The Morgan fingerprint density at radius 3 is 2.07 bits per heavy atom. The molecule has 0 atom stereocenters. The zero-order chi connectivity index (χ0) is 10.8. The molecule has 0 amide bonds. The van der Waals surface area contributed by atoms with Gasteiger partial charge in [0.1, 0.15) is 0 Å². The van der Waals surface area contributed by atoms with Crippen molar-refractivity contribution in [1.82, 2.24) is 0 Å². The molecule has 0 spiro atoms. The number of benzene rings is 1. The summed E-state index contributed by atoms with van der Waals surface area (Å²) >= 11 is 0. The Morgan fingerprint density at radius 1 is 1.21 bits per heavy atom. The first kappa shape index (κ1) is 11.0. The van der Waals surface area contributed by atoms with Gasteiger partial charge in [0.25, 0.3) is 10.2 Å². The molecule has 5 N–H and O–H groups in total. The van der Waals surface area contributed by atoms with Crippen LogP contribution in [-0.4, -0.2) is 25.6 Å². The van der Waals surface area contributed by atoms with Gasteiger partial charge in [-0.3, -0.25) is 4.72 Å². The molecule has 0 saturated heterocycles. The number of nitrogens with one attached hydrogen (secondary N) is 1. The fourth-order valence-corrected chi connectivity index (χ4v) is 1.35. The molecule has 76 valence electrons. The summed E-state index contributed by atoms with van der Waals surface area (Å²) in [6, 6.07) is 5.49. The van der Waals surface area contributed by atoms with Crippen molar-refractivity contribution in [3.63, 3.8) is 0 Å². The molecule has 6 nitrogen and oxygen atoms in total. The summed E-state index contributed by atoms with van der Waals surface area (Å²) in [4.78, 5) is 0. The molecule has 0 heterocycles. The molecule has 0 aromatic heterocycles. The van der Waals surface area contributed by atoms with Gasteiger partial charge in [0, 0.05) is 5.69 Å². The Balaban J connectivity index is 2.84. The minimum atomic E-state index is -3.79. The monoisotopic (exact) mass is 216 g/mol. The Labute approximate surface area is 81.7 Å². The molecule has 14 heavy (non-hydrogen) atoms. The highest BCUT2D eigenvalue weighted by atomic mass is 32.2. The van der Waals surface area contributed by atoms with Crippen LogP contribution in [0.1, 0.15) is 0 Å². The molecule has 0 saturated carbocycles. The maximum Gasteiger partial charge on any atom is 0.488 e. The average Bonchev–Trinajstić information content (AvgIpc) is 2.02. The number of hydrogen-bond donors (Lipinski definition) is 4. The Bertz CT molecular complexity index is 402. The van der Waals surface area contributed by atoms with Gasteiger partial charge in [0.2, 0.25) is 0 Å². The van der Waals surface area contributed by atoms with Crippen LogP contribution < -0.4 is 15.3 Å². The van der Waals surface area contributed by atoms with E-state index >= 15 is 0 Å². The summed E-state index contributed by atoms with van der Waals surface area (Å²) < 4.78 is 23.2. The first-order chi connectivity index (χ1) is 6.38. The third-order valence-corrected chi connectivity index (χ3v) is 1.99. The normalized spacial score (nSPS) is 11.1. The van der Waals surface area contributed by atoms with E-state index in [2.05, 4.69) is 0 Å². The van der Waals surface area contributed by atoms with Gasteiger partial charge >= 0.3 is 7.12 Å². The molecule has 1 rings (SSSR count). The van der Waals surface area contributed by atoms with Gasteiger partial charge < -0.3 is 10.0 Å². The van der Waals surface area contributed by atoms with Crippen molar-refractivity contribution in [2.45, 2.75) is 0 Å². The summed E-state index contributed by atoms with van der Waals surface area (Å²) in [7, 11) is -5.36. The first-order valence-electron chi connectivity index (χ1n) is 3.65. The molecule has 8 heteroatoms. The van der Waals surface area contributed by atoms with Crippen molar-refractivity contribution in [3.05, 3.63) is 24.3 Å². The Morgan fingerprint density at radius 2 is 1.71 bits per heavy atom. The topological polar surface area (TPSA) is 113 Å². The lowest BCUT2D eigenvalue weighted by Gasteiger charge is -2.04. The van der Waals surface area contributed by atoms with Crippen LogP contribution in [0, 0.1) is 0 Å². The van der Waals surface area contributed by atoms with Gasteiger partial charge in [-0.2, -0.15) is 8.42 Å². The summed E-state index contributed by atoms with van der Waals surface area (Å²) in [6.45, 7) is 0. The standard InChI is InChI=1S/C6H9BN2O4S/c8-14(12,13)9-6-3-1-5(2-4-6)7(10)11/h1-4,9-11H,(H2,8,12,13).